The van der Waals surface area contributed by atoms with Gasteiger partial charge in [0, 0.05) is 29.9 Å². The number of fused-ring (bicyclic) bond motifs is 1. The van der Waals surface area contributed by atoms with Crippen molar-refractivity contribution < 1.29 is 9.57 Å². The Morgan fingerprint density at radius 2 is 1.71 bits per heavy atom. The lowest BCUT2D eigenvalue weighted by Gasteiger charge is -2.28. The van der Waals surface area contributed by atoms with Crippen LogP contribution in [-0.2, 0) is 4.74 Å². The van der Waals surface area contributed by atoms with Crippen molar-refractivity contribution in [2.45, 2.75) is 0 Å². The van der Waals surface area contributed by atoms with Crippen molar-refractivity contribution in [1.29, 1.82) is 0 Å². The predicted molar refractivity (Wildman–Crippen MR) is 135 cm³/mol. The predicted octanol–water partition coefficient (Wildman–Crippen LogP) is 3.91. The molecule has 1 fully saturated rings. The van der Waals surface area contributed by atoms with Crippen LogP contribution in [0.4, 0.5) is 11.5 Å². The number of morpholine rings is 1. The fourth-order valence-corrected chi connectivity index (χ4v) is 4.66. The average Bonchev–Trinajstić information content (AvgIpc) is 2.85. The van der Waals surface area contributed by atoms with Gasteiger partial charge in [-0.05, 0) is 42.5 Å². The van der Waals surface area contributed by atoms with Gasteiger partial charge < -0.3 is 20.2 Å². The van der Waals surface area contributed by atoms with Crippen LogP contribution in [0.5, 0.6) is 0 Å². The van der Waals surface area contributed by atoms with Crippen molar-refractivity contribution in [3.05, 3.63) is 68.9 Å². The molecule has 5 rings (SSSR count). The number of hydrogen-bond acceptors (Lipinski definition) is 7. The van der Waals surface area contributed by atoms with E-state index in [1.165, 1.54) is 7.11 Å². The summed E-state index contributed by atoms with van der Waals surface area (Å²) < 4.78 is 6.50. The Morgan fingerprint density at radius 1 is 1.03 bits per heavy atom. The van der Waals surface area contributed by atoms with Crippen molar-refractivity contribution in [2.24, 2.45) is 0 Å². The van der Waals surface area contributed by atoms with Crippen LogP contribution in [0.2, 0.25) is 10.0 Å². The van der Waals surface area contributed by atoms with Crippen LogP contribution < -0.4 is 21.0 Å². The van der Waals surface area contributed by atoms with E-state index in [0.717, 1.165) is 29.1 Å². The highest BCUT2D eigenvalue weighted by Gasteiger charge is 2.20. The van der Waals surface area contributed by atoms with Crippen LogP contribution in [0.15, 0.2) is 53.3 Å². The molecule has 8 nitrogen and oxygen atoms in total. The summed E-state index contributed by atoms with van der Waals surface area (Å²) in [6.07, 6.45) is 0. The number of pyridine rings is 1. The number of ether oxygens (including phenoxy) is 1. The zero-order chi connectivity index (χ0) is 23.8. The van der Waals surface area contributed by atoms with E-state index in [1.807, 2.05) is 24.3 Å². The lowest BCUT2D eigenvalue weighted by Crippen LogP contribution is -2.36. The van der Waals surface area contributed by atoms with Crippen molar-refractivity contribution >= 4 is 45.7 Å². The fourth-order valence-electron chi connectivity index (χ4n) is 4.05. The third-order valence-corrected chi connectivity index (χ3v) is 6.40. The van der Waals surface area contributed by atoms with Gasteiger partial charge in [-0.3, -0.25) is 4.79 Å². The van der Waals surface area contributed by atoms with Crippen molar-refractivity contribution in [3.8, 4) is 22.5 Å². The molecule has 0 unspecified atom stereocenters. The zero-order valence-corrected chi connectivity index (χ0v) is 19.8. The Labute approximate surface area is 205 Å². The summed E-state index contributed by atoms with van der Waals surface area (Å²) in [7, 11) is 1.38. The molecule has 4 aromatic rings. The first kappa shape index (κ1) is 22.5. The van der Waals surface area contributed by atoms with Gasteiger partial charge in [-0.2, -0.15) is 0 Å². The number of nitrogen functional groups attached to an aromatic ring is 1. The second kappa shape index (κ2) is 9.13. The van der Waals surface area contributed by atoms with Crippen LogP contribution >= 0.6 is 23.2 Å². The molecule has 2 aromatic carbocycles. The summed E-state index contributed by atoms with van der Waals surface area (Å²) in [4.78, 5) is 30.1. The topological polar surface area (TPSA) is 95.5 Å². The largest absolute Gasteiger partial charge is 0.412 e. The molecule has 1 aliphatic rings. The van der Waals surface area contributed by atoms with Crippen molar-refractivity contribution in [1.82, 2.24) is 14.7 Å². The molecule has 1 saturated heterocycles. The highest BCUT2D eigenvalue weighted by Crippen LogP contribution is 2.35. The van der Waals surface area contributed by atoms with E-state index in [1.54, 1.807) is 24.3 Å². The van der Waals surface area contributed by atoms with Gasteiger partial charge in [-0.1, -0.05) is 29.3 Å². The summed E-state index contributed by atoms with van der Waals surface area (Å²) in [6.45, 7) is 3.11. The quantitative estimate of drug-likeness (QED) is 0.456. The van der Waals surface area contributed by atoms with E-state index in [4.69, 9.17) is 38.5 Å². The molecule has 2 N–H and O–H groups in total. The average molecular weight is 498 g/mol. The van der Waals surface area contributed by atoms with Crippen LogP contribution in [0.25, 0.3) is 33.5 Å². The number of rotatable bonds is 4. The van der Waals surface area contributed by atoms with Gasteiger partial charge in [0.25, 0.3) is 5.56 Å². The molecule has 0 radical (unpaired) electrons. The molecule has 34 heavy (non-hydrogen) atoms. The van der Waals surface area contributed by atoms with Gasteiger partial charge in [0.05, 0.1) is 34.2 Å². The molecule has 0 bridgehead atoms. The van der Waals surface area contributed by atoms with E-state index < -0.39 is 5.56 Å². The summed E-state index contributed by atoms with van der Waals surface area (Å²) in [5.41, 5.74) is 8.60. The molecule has 0 saturated carbocycles. The highest BCUT2D eigenvalue weighted by atomic mass is 35.5. The number of benzene rings is 2. The molecular weight excluding hydrogens is 477 g/mol. The third kappa shape index (κ3) is 3.94. The number of nitrogens with two attached hydrogens (primary N) is 1. The number of halogens is 2. The second-order valence-electron chi connectivity index (χ2n) is 7.75. The Balaban J connectivity index is 1.62. The number of anilines is 2. The van der Waals surface area contributed by atoms with E-state index >= 15 is 0 Å². The van der Waals surface area contributed by atoms with Gasteiger partial charge in [-0.25, -0.2) is 9.97 Å². The fraction of sp³-hybridized carbons (Fsp3) is 0.208. The standard InChI is InChI=1S/C24H21Cl2N5O3/c1-33-31-23-17(13-16(24(31)32)20-18(25)3-2-4-19(20)26)21(27)28-22(29-23)14-5-7-15(8-6-14)30-9-11-34-12-10-30/h2-8,13H,9-12H2,1H3,(H2,27,28,29). The lowest BCUT2D eigenvalue weighted by atomic mass is 10.1. The molecule has 0 aliphatic carbocycles. The third-order valence-electron chi connectivity index (χ3n) is 5.77. The minimum absolute atomic E-state index is 0.201. The molecule has 2 aromatic heterocycles. The summed E-state index contributed by atoms with van der Waals surface area (Å²) in [5.74, 6) is 0.583. The molecule has 10 heteroatoms. The minimum atomic E-state index is -0.461. The highest BCUT2D eigenvalue weighted by molar-refractivity contribution is 6.39. The lowest BCUT2D eigenvalue weighted by molar-refractivity contribution is 0.122. The first-order chi connectivity index (χ1) is 16.5. The first-order valence-corrected chi connectivity index (χ1v) is 11.4. The van der Waals surface area contributed by atoms with E-state index in [-0.39, 0.29) is 17.0 Å². The van der Waals surface area contributed by atoms with E-state index in [0.29, 0.717) is 40.0 Å². The van der Waals surface area contributed by atoms with Crippen LogP contribution in [-0.4, -0.2) is 48.1 Å². The first-order valence-electron chi connectivity index (χ1n) is 10.6. The maximum atomic E-state index is 13.3. The molecular formula is C24H21Cl2N5O3. The molecule has 0 atom stereocenters. The smallest absolute Gasteiger partial charge is 0.293 e. The Kier molecular flexibility index (Phi) is 6.03. The van der Waals surface area contributed by atoms with E-state index in [9.17, 15) is 4.79 Å². The molecule has 3 heterocycles. The molecule has 1 aliphatic heterocycles. The minimum Gasteiger partial charge on any atom is -0.412 e. The van der Waals surface area contributed by atoms with Gasteiger partial charge in [0.2, 0.25) is 0 Å². The SMILES string of the molecule is COn1c(=O)c(-c2c(Cl)cccc2Cl)cc2c(N)nc(-c3ccc(N4CCOCC4)cc3)nc21. The number of aromatic nitrogens is 3. The monoisotopic (exact) mass is 497 g/mol. The van der Waals surface area contributed by atoms with Crippen LogP contribution in [0.3, 0.4) is 0 Å². The summed E-state index contributed by atoms with van der Waals surface area (Å²) in [5, 5.41) is 1.12. The molecule has 0 spiro atoms. The van der Waals surface area contributed by atoms with Crippen LogP contribution in [0, 0.1) is 0 Å². The summed E-state index contributed by atoms with van der Waals surface area (Å²) in [6, 6.07) is 14.5. The maximum Gasteiger partial charge on any atom is 0.293 e. The Morgan fingerprint density at radius 3 is 2.35 bits per heavy atom. The number of hydrogen-bond donors (Lipinski definition) is 1. The molecule has 174 valence electrons. The van der Waals surface area contributed by atoms with Crippen molar-refractivity contribution in [2.75, 3.05) is 44.0 Å². The molecule has 0 amide bonds. The zero-order valence-electron chi connectivity index (χ0n) is 18.3. The Hall–Kier alpha value is -3.33. The van der Waals surface area contributed by atoms with Gasteiger partial charge in [-0.15, -0.1) is 4.73 Å². The van der Waals surface area contributed by atoms with Crippen molar-refractivity contribution in [3.63, 3.8) is 0 Å². The van der Waals surface area contributed by atoms with Crippen LogP contribution in [0.1, 0.15) is 0 Å². The van der Waals surface area contributed by atoms with Gasteiger partial charge >= 0.3 is 0 Å². The number of nitrogens with zero attached hydrogens (tertiary/aromatic N) is 4. The normalized spacial score (nSPS) is 13.9. The van der Waals surface area contributed by atoms with Gasteiger partial charge in [0.1, 0.15) is 12.9 Å². The Bertz CT molecular complexity index is 1410. The van der Waals surface area contributed by atoms with Gasteiger partial charge in [0.15, 0.2) is 11.5 Å². The summed E-state index contributed by atoms with van der Waals surface area (Å²) >= 11 is 12.7. The van der Waals surface area contributed by atoms with E-state index in [2.05, 4.69) is 14.9 Å². The maximum absolute atomic E-state index is 13.3. The second-order valence-corrected chi connectivity index (χ2v) is 8.57.